The molecule has 0 saturated heterocycles. The van der Waals surface area contributed by atoms with Crippen LogP contribution in [0.1, 0.15) is 56.7 Å². The van der Waals surface area contributed by atoms with Crippen LogP contribution < -0.4 is 0 Å². The molecule has 0 amide bonds. The van der Waals surface area contributed by atoms with E-state index in [-0.39, 0.29) is 0 Å². The Labute approximate surface area is 138 Å². The SMILES string of the molecule is C=C/C(Br)=C\C=C\c1cc(C)c(O)c(C(C)C)c1.CCC. The lowest BCUT2D eigenvalue weighted by molar-refractivity contribution is 0.460. The minimum atomic E-state index is 0.313. The zero-order chi connectivity index (χ0) is 16.4. The highest BCUT2D eigenvalue weighted by Crippen LogP contribution is 2.30. The van der Waals surface area contributed by atoms with Crippen LogP contribution >= 0.6 is 15.9 Å². The van der Waals surface area contributed by atoms with Crippen molar-refractivity contribution in [2.45, 2.75) is 47.0 Å². The quantitative estimate of drug-likeness (QED) is 0.597. The Balaban J connectivity index is 0.00000122. The Morgan fingerprint density at radius 1 is 1.33 bits per heavy atom. The molecule has 1 N–H and O–H groups in total. The zero-order valence-electron chi connectivity index (χ0n) is 13.8. The topological polar surface area (TPSA) is 20.2 Å². The first-order valence-corrected chi connectivity index (χ1v) is 8.16. The van der Waals surface area contributed by atoms with E-state index in [0.717, 1.165) is 21.2 Å². The van der Waals surface area contributed by atoms with Crippen molar-refractivity contribution in [3.8, 4) is 5.75 Å². The summed E-state index contributed by atoms with van der Waals surface area (Å²) in [6.45, 7) is 14.0. The molecule has 0 spiro atoms. The molecule has 116 valence electrons. The lowest BCUT2D eigenvalue weighted by Gasteiger charge is -2.11. The molecule has 21 heavy (non-hydrogen) atoms. The highest BCUT2D eigenvalue weighted by Gasteiger charge is 2.08. The summed E-state index contributed by atoms with van der Waals surface area (Å²) in [5, 5.41) is 9.99. The van der Waals surface area contributed by atoms with E-state index in [4.69, 9.17) is 0 Å². The number of phenols is 1. The normalized spacial score (nSPS) is 11.5. The van der Waals surface area contributed by atoms with Crippen LogP contribution in [0.4, 0.5) is 0 Å². The lowest BCUT2D eigenvalue weighted by atomic mass is 9.96. The number of benzene rings is 1. The van der Waals surface area contributed by atoms with Crippen LogP contribution in [0.5, 0.6) is 5.75 Å². The number of aromatic hydroxyl groups is 1. The van der Waals surface area contributed by atoms with Gasteiger partial charge in [-0.3, -0.25) is 0 Å². The Morgan fingerprint density at radius 3 is 2.38 bits per heavy atom. The van der Waals surface area contributed by atoms with Gasteiger partial charge in [-0.15, -0.1) is 0 Å². The van der Waals surface area contributed by atoms with Crippen molar-refractivity contribution in [3.05, 3.63) is 58.1 Å². The lowest BCUT2D eigenvalue weighted by Crippen LogP contribution is -1.91. The van der Waals surface area contributed by atoms with Gasteiger partial charge in [0.25, 0.3) is 0 Å². The molecule has 0 fully saturated rings. The summed E-state index contributed by atoms with van der Waals surface area (Å²) in [6, 6.07) is 4.01. The minimum absolute atomic E-state index is 0.313. The van der Waals surface area contributed by atoms with E-state index >= 15 is 0 Å². The number of hydrogen-bond donors (Lipinski definition) is 1. The number of halogens is 1. The number of aryl methyl sites for hydroxylation is 1. The van der Waals surface area contributed by atoms with Crippen molar-refractivity contribution < 1.29 is 5.11 Å². The summed E-state index contributed by atoms with van der Waals surface area (Å²) in [6.07, 6.45) is 8.90. The second-order valence-corrected chi connectivity index (χ2v) is 6.17. The number of hydrogen-bond acceptors (Lipinski definition) is 1. The molecule has 1 nitrogen and oxygen atoms in total. The number of allylic oxidation sites excluding steroid dienone is 4. The molecule has 0 heterocycles. The fourth-order valence-corrected chi connectivity index (χ4v) is 1.84. The van der Waals surface area contributed by atoms with E-state index in [1.807, 2.05) is 37.3 Å². The largest absolute Gasteiger partial charge is 0.507 e. The predicted molar refractivity (Wildman–Crippen MR) is 99.1 cm³/mol. The van der Waals surface area contributed by atoms with Crippen LogP contribution in [0.3, 0.4) is 0 Å². The fourth-order valence-electron chi connectivity index (χ4n) is 1.69. The van der Waals surface area contributed by atoms with Gasteiger partial charge in [0.05, 0.1) is 0 Å². The van der Waals surface area contributed by atoms with Crippen molar-refractivity contribution in [2.75, 3.05) is 0 Å². The maximum absolute atomic E-state index is 9.99. The number of rotatable bonds is 4. The van der Waals surface area contributed by atoms with Gasteiger partial charge in [0.2, 0.25) is 0 Å². The summed E-state index contributed by atoms with van der Waals surface area (Å²) in [5.74, 6) is 0.720. The minimum Gasteiger partial charge on any atom is -0.507 e. The van der Waals surface area contributed by atoms with E-state index in [2.05, 4.69) is 50.2 Å². The fraction of sp³-hybridized carbons (Fsp3) is 0.368. The summed E-state index contributed by atoms with van der Waals surface area (Å²) in [5.41, 5.74) is 2.99. The molecule has 1 aromatic rings. The maximum atomic E-state index is 9.99. The Morgan fingerprint density at radius 2 is 1.90 bits per heavy atom. The summed E-state index contributed by atoms with van der Waals surface area (Å²) >= 11 is 3.37. The average molecular weight is 351 g/mol. The van der Waals surface area contributed by atoms with Gasteiger partial charge in [-0.1, -0.05) is 74.9 Å². The molecule has 0 bridgehead atoms. The van der Waals surface area contributed by atoms with E-state index in [1.54, 1.807) is 6.08 Å². The third kappa shape index (κ3) is 7.33. The smallest absolute Gasteiger partial charge is 0.121 e. The van der Waals surface area contributed by atoms with Gasteiger partial charge >= 0.3 is 0 Å². The highest BCUT2D eigenvalue weighted by atomic mass is 79.9. The van der Waals surface area contributed by atoms with Crippen molar-refractivity contribution in [1.29, 1.82) is 0 Å². The molecule has 0 aliphatic heterocycles. The van der Waals surface area contributed by atoms with E-state index in [1.165, 1.54) is 6.42 Å². The van der Waals surface area contributed by atoms with Gasteiger partial charge in [0, 0.05) is 4.48 Å². The van der Waals surface area contributed by atoms with Gasteiger partial charge in [-0.05, 0) is 47.7 Å². The Bertz CT molecular complexity index is 511. The van der Waals surface area contributed by atoms with Crippen LogP contribution in [0.15, 0.2) is 41.4 Å². The van der Waals surface area contributed by atoms with Crippen molar-refractivity contribution in [2.24, 2.45) is 0 Å². The van der Waals surface area contributed by atoms with Crippen LogP contribution in [-0.4, -0.2) is 5.11 Å². The van der Waals surface area contributed by atoms with Gasteiger partial charge in [-0.2, -0.15) is 0 Å². The first-order chi connectivity index (χ1) is 9.87. The van der Waals surface area contributed by atoms with Crippen LogP contribution in [0.25, 0.3) is 6.08 Å². The number of phenolic OH excluding ortho intramolecular Hbond substituents is 1. The van der Waals surface area contributed by atoms with Crippen molar-refractivity contribution in [1.82, 2.24) is 0 Å². The zero-order valence-corrected chi connectivity index (χ0v) is 15.4. The average Bonchev–Trinajstić information content (AvgIpc) is 2.42. The standard InChI is InChI=1S/C16H19BrO.C3H8/c1-5-14(17)8-6-7-13-9-12(4)16(18)15(10-13)11(2)3;1-3-2/h5-11,18H,1H2,2-4H3;3H2,1-2H3/b7-6+,14-8+;. The molecule has 1 rings (SSSR count). The van der Waals surface area contributed by atoms with Crippen LogP contribution in [0, 0.1) is 6.92 Å². The van der Waals surface area contributed by atoms with Crippen molar-refractivity contribution in [3.63, 3.8) is 0 Å². The predicted octanol–water partition coefficient (Wildman–Crippen LogP) is 6.72. The third-order valence-electron chi connectivity index (χ3n) is 2.71. The summed E-state index contributed by atoms with van der Waals surface area (Å²) in [4.78, 5) is 0. The monoisotopic (exact) mass is 350 g/mol. The Kier molecular flexibility index (Phi) is 9.81. The van der Waals surface area contributed by atoms with Gasteiger partial charge < -0.3 is 5.11 Å². The molecule has 0 saturated carbocycles. The molecule has 0 atom stereocenters. The maximum Gasteiger partial charge on any atom is 0.121 e. The van der Waals surface area contributed by atoms with E-state index < -0.39 is 0 Å². The van der Waals surface area contributed by atoms with Crippen LogP contribution in [0.2, 0.25) is 0 Å². The molecule has 0 aromatic heterocycles. The molecule has 2 heteroatoms. The van der Waals surface area contributed by atoms with Crippen molar-refractivity contribution >= 4 is 22.0 Å². The highest BCUT2D eigenvalue weighted by molar-refractivity contribution is 9.11. The van der Waals surface area contributed by atoms with E-state index in [0.29, 0.717) is 11.7 Å². The van der Waals surface area contributed by atoms with Crippen LogP contribution in [-0.2, 0) is 0 Å². The summed E-state index contributed by atoms with van der Waals surface area (Å²) in [7, 11) is 0. The third-order valence-corrected chi connectivity index (χ3v) is 3.30. The second-order valence-electron chi connectivity index (χ2n) is 5.25. The van der Waals surface area contributed by atoms with E-state index in [9.17, 15) is 5.11 Å². The summed E-state index contributed by atoms with van der Waals surface area (Å²) < 4.78 is 0.943. The molecule has 0 aliphatic rings. The second kappa shape index (κ2) is 10.4. The van der Waals surface area contributed by atoms with Gasteiger partial charge in [0.1, 0.15) is 5.75 Å². The Hall–Kier alpha value is -1.28. The van der Waals surface area contributed by atoms with Gasteiger partial charge in [-0.25, -0.2) is 0 Å². The first-order valence-electron chi connectivity index (χ1n) is 7.37. The molecule has 0 unspecified atom stereocenters. The molecule has 0 radical (unpaired) electrons. The molecule has 0 aliphatic carbocycles. The first kappa shape index (κ1) is 19.7. The molecule has 1 aromatic carbocycles. The molecular formula is C19H27BrO. The van der Waals surface area contributed by atoms with Gasteiger partial charge in [0.15, 0.2) is 0 Å². The molecular weight excluding hydrogens is 324 g/mol.